The molecule has 11 heteroatoms. The molecule has 0 aliphatic carbocycles. The molecule has 0 spiro atoms. The van der Waals surface area contributed by atoms with E-state index in [0.29, 0.717) is 11.8 Å². The van der Waals surface area contributed by atoms with Crippen LogP contribution in [0.4, 0.5) is 24.5 Å². The van der Waals surface area contributed by atoms with Crippen molar-refractivity contribution in [3.8, 4) is 0 Å². The van der Waals surface area contributed by atoms with Gasteiger partial charge in [0.15, 0.2) is 0 Å². The first-order chi connectivity index (χ1) is 12.6. The van der Waals surface area contributed by atoms with Crippen LogP contribution in [0, 0.1) is 10.1 Å². The SMILES string of the molecule is O=C([O-])CSc1ccc(C(=O)Nc2ccccc2C(F)(F)F)cc1[N+](=O)[O-]. The van der Waals surface area contributed by atoms with Crippen molar-refractivity contribution < 1.29 is 32.8 Å². The van der Waals surface area contributed by atoms with Gasteiger partial charge < -0.3 is 15.2 Å². The number of hydrogen-bond donors (Lipinski definition) is 1. The van der Waals surface area contributed by atoms with Gasteiger partial charge in [0.1, 0.15) is 0 Å². The number of nitrogens with zero attached hydrogens (tertiary/aromatic N) is 1. The van der Waals surface area contributed by atoms with Crippen LogP contribution in [0.3, 0.4) is 0 Å². The second kappa shape index (κ2) is 8.08. The third kappa shape index (κ3) is 5.20. The molecule has 2 rings (SSSR count). The molecule has 0 bridgehead atoms. The van der Waals surface area contributed by atoms with E-state index in [1.807, 2.05) is 0 Å². The van der Waals surface area contributed by atoms with Gasteiger partial charge in [0, 0.05) is 17.4 Å². The highest BCUT2D eigenvalue weighted by Crippen LogP contribution is 2.35. The molecule has 27 heavy (non-hydrogen) atoms. The van der Waals surface area contributed by atoms with Crippen LogP contribution in [-0.4, -0.2) is 22.6 Å². The van der Waals surface area contributed by atoms with E-state index >= 15 is 0 Å². The van der Waals surface area contributed by atoms with E-state index in [-0.39, 0.29) is 10.5 Å². The molecular weight excluding hydrogens is 389 g/mol. The van der Waals surface area contributed by atoms with Crippen LogP contribution in [0.2, 0.25) is 0 Å². The Labute approximate surface area is 154 Å². The number of nitrogens with one attached hydrogen (secondary N) is 1. The fourth-order valence-corrected chi connectivity index (χ4v) is 2.81. The average Bonchev–Trinajstić information content (AvgIpc) is 2.59. The average molecular weight is 399 g/mol. The maximum Gasteiger partial charge on any atom is 0.418 e. The van der Waals surface area contributed by atoms with Crippen LogP contribution in [0.25, 0.3) is 0 Å². The summed E-state index contributed by atoms with van der Waals surface area (Å²) in [4.78, 5) is 33.0. The number of halogens is 3. The largest absolute Gasteiger partial charge is 0.549 e. The lowest BCUT2D eigenvalue weighted by Gasteiger charge is -2.13. The van der Waals surface area contributed by atoms with E-state index in [4.69, 9.17) is 0 Å². The molecule has 0 saturated carbocycles. The minimum absolute atomic E-state index is 0.0172. The number of thioether (sulfide) groups is 1. The smallest absolute Gasteiger partial charge is 0.418 e. The summed E-state index contributed by atoms with van der Waals surface area (Å²) in [6, 6.07) is 7.46. The molecule has 2 aromatic carbocycles. The fourth-order valence-electron chi connectivity index (χ4n) is 2.09. The predicted molar refractivity (Wildman–Crippen MR) is 88.2 cm³/mol. The lowest BCUT2D eigenvalue weighted by molar-refractivity contribution is -0.387. The van der Waals surface area contributed by atoms with Crippen LogP contribution in [0.1, 0.15) is 15.9 Å². The molecule has 0 radical (unpaired) electrons. The van der Waals surface area contributed by atoms with Crippen LogP contribution >= 0.6 is 11.8 Å². The van der Waals surface area contributed by atoms with Gasteiger partial charge >= 0.3 is 6.18 Å². The number of carbonyl (C=O) groups excluding carboxylic acids is 2. The summed E-state index contributed by atoms with van der Waals surface area (Å²) in [5, 5.41) is 23.7. The number of nitro benzene ring substituents is 1. The minimum atomic E-state index is -4.69. The number of hydrogen-bond acceptors (Lipinski definition) is 6. The van der Waals surface area contributed by atoms with Crippen molar-refractivity contribution in [2.24, 2.45) is 0 Å². The molecule has 0 fully saturated rings. The van der Waals surface area contributed by atoms with Crippen molar-refractivity contribution in [2.75, 3.05) is 11.1 Å². The van der Waals surface area contributed by atoms with Gasteiger partial charge in [-0.25, -0.2) is 0 Å². The first-order valence-corrected chi connectivity index (χ1v) is 8.17. The number of anilines is 1. The number of carbonyl (C=O) groups is 2. The van der Waals surface area contributed by atoms with Crippen LogP contribution in [-0.2, 0) is 11.0 Å². The van der Waals surface area contributed by atoms with E-state index in [1.165, 1.54) is 6.07 Å². The Bertz CT molecular complexity index is 902. The molecule has 2 aromatic rings. The Kier molecular flexibility index (Phi) is 6.05. The molecule has 1 N–H and O–H groups in total. The number of amides is 1. The van der Waals surface area contributed by atoms with E-state index in [0.717, 1.165) is 36.4 Å². The zero-order chi connectivity index (χ0) is 20.2. The number of aliphatic carboxylic acids is 1. The van der Waals surface area contributed by atoms with Gasteiger partial charge in [-0.3, -0.25) is 14.9 Å². The van der Waals surface area contributed by atoms with Crippen molar-refractivity contribution in [1.82, 2.24) is 0 Å². The first-order valence-electron chi connectivity index (χ1n) is 7.18. The number of rotatable bonds is 6. The summed E-state index contributed by atoms with van der Waals surface area (Å²) in [6.45, 7) is 0. The van der Waals surface area contributed by atoms with Gasteiger partial charge in [0.2, 0.25) is 0 Å². The van der Waals surface area contributed by atoms with Crippen molar-refractivity contribution in [2.45, 2.75) is 11.1 Å². The highest BCUT2D eigenvalue weighted by molar-refractivity contribution is 8.00. The standard InChI is InChI=1S/C16H11F3N2O5S/c17-16(18,19)10-3-1-2-4-11(10)20-15(24)9-5-6-13(27-8-14(22)23)12(7-9)21(25)26/h1-7H,8H2,(H,20,24)(H,22,23)/p-1. The van der Waals surface area contributed by atoms with Crippen LogP contribution in [0.5, 0.6) is 0 Å². The van der Waals surface area contributed by atoms with Gasteiger partial charge in [-0.05, 0) is 24.3 Å². The number of nitro groups is 1. The Morgan fingerprint density at radius 3 is 2.41 bits per heavy atom. The Hall–Kier alpha value is -3.08. The second-order valence-corrected chi connectivity index (χ2v) is 6.11. The van der Waals surface area contributed by atoms with E-state index < -0.39 is 45.7 Å². The van der Waals surface area contributed by atoms with Gasteiger partial charge in [-0.15, -0.1) is 11.8 Å². The third-order valence-corrected chi connectivity index (χ3v) is 4.28. The Morgan fingerprint density at radius 1 is 1.15 bits per heavy atom. The Balaban J connectivity index is 2.31. The molecule has 0 aliphatic heterocycles. The van der Waals surface area contributed by atoms with Crippen LogP contribution < -0.4 is 10.4 Å². The lowest BCUT2D eigenvalue weighted by Crippen LogP contribution is -2.24. The number of para-hydroxylation sites is 1. The number of carboxylic acid groups (broad SMARTS) is 1. The van der Waals surface area contributed by atoms with Crippen molar-refractivity contribution >= 4 is 35.0 Å². The number of alkyl halides is 3. The quantitative estimate of drug-likeness (QED) is 0.454. The molecule has 7 nitrogen and oxygen atoms in total. The molecule has 0 atom stereocenters. The Morgan fingerprint density at radius 2 is 1.81 bits per heavy atom. The highest BCUT2D eigenvalue weighted by atomic mass is 32.2. The van der Waals surface area contributed by atoms with Gasteiger partial charge in [-0.2, -0.15) is 13.2 Å². The zero-order valence-electron chi connectivity index (χ0n) is 13.3. The molecule has 0 saturated heterocycles. The predicted octanol–water partition coefficient (Wildman–Crippen LogP) is 2.71. The van der Waals surface area contributed by atoms with Crippen LogP contribution in [0.15, 0.2) is 47.4 Å². The topological polar surface area (TPSA) is 112 Å². The highest BCUT2D eigenvalue weighted by Gasteiger charge is 2.33. The zero-order valence-corrected chi connectivity index (χ0v) is 14.1. The number of carboxylic acids is 1. The van der Waals surface area contributed by atoms with E-state index in [2.05, 4.69) is 5.32 Å². The second-order valence-electron chi connectivity index (χ2n) is 5.10. The van der Waals surface area contributed by atoms with Crippen molar-refractivity contribution in [3.63, 3.8) is 0 Å². The molecule has 142 valence electrons. The molecule has 0 heterocycles. The molecule has 0 unspecified atom stereocenters. The van der Waals surface area contributed by atoms with Gasteiger partial charge in [0.25, 0.3) is 11.6 Å². The summed E-state index contributed by atoms with van der Waals surface area (Å²) < 4.78 is 38.9. The van der Waals surface area contributed by atoms with E-state index in [9.17, 15) is 38.0 Å². The van der Waals surface area contributed by atoms with Crippen molar-refractivity contribution in [3.05, 3.63) is 63.7 Å². The molecule has 0 aliphatic rings. The maximum absolute atomic E-state index is 13.0. The monoisotopic (exact) mass is 399 g/mol. The first kappa shape index (κ1) is 20.2. The number of benzene rings is 2. The van der Waals surface area contributed by atoms with Gasteiger partial charge in [-0.1, -0.05) is 12.1 Å². The minimum Gasteiger partial charge on any atom is -0.549 e. The summed E-state index contributed by atoms with van der Waals surface area (Å²) in [5.74, 6) is -2.95. The summed E-state index contributed by atoms with van der Waals surface area (Å²) in [6.07, 6.45) is -4.69. The summed E-state index contributed by atoms with van der Waals surface area (Å²) in [7, 11) is 0. The fraction of sp³-hybridized carbons (Fsp3) is 0.125. The van der Waals surface area contributed by atoms with Crippen molar-refractivity contribution in [1.29, 1.82) is 0 Å². The summed E-state index contributed by atoms with van der Waals surface area (Å²) in [5.41, 5.74) is -2.35. The molecule has 1 amide bonds. The van der Waals surface area contributed by atoms with E-state index in [1.54, 1.807) is 0 Å². The summed E-state index contributed by atoms with van der Waals surface area (Å²) >= 11 is 0.630. The molecule has 0 aromatic heterocycles. The normalized spacial score (nSPS) is 11.1. The maximum atomic E-state index is 13.0. The third-order valence-electron chi connectivity index (χ3n) is 3.24. The molecular formula is C16H10F3N2O5S-. The lowest BCUT2D eigenvalue weighted by atomic mass is 10.1. The van der Waals surface area contributed by atoms with Gasteiger partial charge in [0.05, 0.1) is 27.0 Å².